The second-order valence-corrected chi connectivity index (χ2v) is 6.87. The van der Waals surface area contributed by atoms with Crippen molar-refractivity contribution >= 4 is 70.1 Å². The summed E-state index contributed by atoms with van der Waals surface area (Å²) < 4.78 is 2.94. The number of fused-ring (bicyclic) bond motifs is 1. The Kier molecular flexibility index (Phi) is 4.10. The molecule has 0 amide bonds. The van der Waals surface area contributed by atoms with Gasteiger partial charge in [0.25, 0.3) is 0 Å². The van der Waals surface area contributed by atoms with Crippen LogP contribution in [0, 0.1) is 0 Å². The molecule has 3 rings (SSSR count). The van der Waals surface area contributed by atoms with E-state index >= 15 is 0 Å². The molecule has 0 aliphatic heterocycles. The van der Waals surface area contributed by atoms with E-state index in [-0.39, 0.29) is 0 Å². The lowest BCUT2D eigenvalue weighted by molar-refractivity contribution is 1.28. The van der Waals surface area contributed by atoms with Gasteiger partial charge in [-0.25, -0.2) is 4.98 Å². The highest BCUT2D eigenvalue weighted by molar-refractivity contribution is 9.11. The zero-order valence-corrected chi connectivity index (χ0v) is 15.0. The maximum atomic E-state index is 4.39. The van der Waals surface area contributed by atoms with Crippen molar-refractivity contribution < 1.29 is 0 Å². The molecular formula is C15H9Br3N2. The Morgan fingerprint density at radius 1 is 0.850 bits per heavy atom. The van der Waals surface area contributed by atoms with Gasteiger partial charge in [-0.1, -0.05) is 40.2 Å². The van der Waals surface area contributed by atoms with E-state index in [2.05, 4.69) is 70.2 Å². The van der Waals surface area contributed by atoms with Crippen LogP contribution in [-0.4, -0.2) is 4.98 Å². The second kappa shape index (κ2) is 5.84. The van der Waals surface area contributed by atoms with Gasteiger partial charge in [0, 0.05) is 26.2 Å². The molecule has 2 aromatic carbocycles. The Hall–Kier alpha value is -0.910. The third-order valence-electron chi connectivity index (χ3n) is 2.93. The van der Waals surface area contributed by atoms with Crippen molar-refractivity contribution in [3.63, 3.8) is 0 Å². The van der Waals surface area contributed by atoms with Crippen molar-refractivity contribution in [2.45, 2.75) is 0 Å². The minimum absolute atomic E-state index is 0.792. The van der Waals surface area contributed by atoms with E-state index in [1.165, 1.54) is 5.39 Å². The zero-order valence-electron chi connectivity index (χ0n) is 10.2. The van der Waals surface area contributed by atoms with Crippen molar-refractivity contribution in [2.24, 2.45) is 0 Å². The summed E-state index contributed by atoms with van der Waals surface area (Å²) >= 11 is 10.5. The molecule has 0 atom stereocenters. The fourth-order valence-electron chi connectivity index (χ4n) is 2.01. The Morgan fingerprint density at radius 2 is 1.60 bits per heavy atom. The molecular weight excluding hydrogens is 448 g/mol. The van der Waals surface area contributed by atoms with Gasteiger partial charge < -0.3 is 5.32 Å². The van der Waals surface area contributed by atoms with Crippen LogP contribution in [0.5, 0.6) is 0 Å². The number of benzene rings is 2. The highest BCUT2D eigenvalue weighted by atomic mass is 79.9. The van der Waals surface area contributed by atoms with Gasteiger partial charge in [-0.2, -0.15) is 0 Å². The van der Waals surface area contributed by atoms with Crippen molar-refractivity contribution in [1.82, 2.24) is 4.98 Å². The first kappa shape index (κ1) is 14.0. The van der Waals surface area contributed by atoms with Crippen LogP contribution in [-0.2, 0) is 0 Å². The summed E-state index contributed by atoms with van der Waals surface area (Å²) in [5.41, 5.74) is 1.03. The van der Waals surface area contributed by atoms with Crippen LogP contribution in [0.4, 0.5) is 11.5 Å². The monoisotopic (exact) mass is 454 g/mol. The van der Waals surface area contributed by atoms with Crippen molar-refractivity contribution in [1.29, 1.82) is 0 Å². The molecule has 100 valence electrons. The predicted octanol–water partition coefficient (Wildman–Crippen LogP) is 6.27. The van der Waals surface area contributed by atoms with E-state index in [1.807, 2.05) is 30.3 Å². The summed E-state index contributed by atoms with van der Waals surface area (Å²) in [4.78, 5) is 4.39. The fraction of sp³-hybridized carbons (Fsp3) is 0. The molecule has 0 radical (unpaired) electrons. The molecule has 0 unspecified atom stereocenters. The van der Waals surface area contributed by atoms with Crippen LogP contribution in [0.15, 0.2) is 62.1 Å². The van der Waals surface area contributed by atoms with Crippen molar-refractivity contribution in [2.75, 3.05) is 5.32 Å². The van der Waals surface area contributed by atoms with E-state index < -0.39 is 0 Å². The van der Waals surface area contributed by atoms with Crippen molar-refractivity contribution in [3.8, 4) is 0 Å². The summed E-state index contributed by atoms with van der Waals surface area (Å²) in [6.45, 7) is 0. The average Bonchev–Trinajstić information content (AvgIpc) is 2.45. The highest BCUT2D eigenvalue weighted by Gasteiger charge is 2.07. The minimum Gasteiger partial charge on any atom is -0.339 e. The van der Waals surface area contributed by atoms with Crippen LogP contribution < -0.4 is 5.32 Å². The Balaban J connectivity index is 2.09. The van der Waals surface area contributed by atoms with Crippen LogP contribution in [0.1, 0.15) is 0 Å². The number of pyridine rings is 1. The first-order chi connectivity index (χ1) is 9.65. The van der Waals surface area contributed by atoms with Gasteiger partial charge >= 0.3 is 0 Å². The Labute approximate surface area is 142 Å². The molecule has 2 nitrogen and oxygen atoms in total. The predicted molar refractivity (Wildman–Crippen MR) is 94.6 cm³/mol. The number of hydrogen-bond donors (Lipinski definition) is 1. The molecule has 5 heteroatoms. The van der Waals surface area contributed by atoms with Gasteiger partial charge in [0.2, 0.25) is 0 Å². The Morgan fingerprint density at radius 3 is 2.35 bits per heavy atom. The van der Waals surface area contributed by atoms with E-state index in [0.717, 1.165) is 30.3 Å². The van der Waals surface area contributed by atoms with Gasteiger partial charge in [0.15, 0.2) is 0 Å². The molecule has 20 heavy (non-hydrogen) atoms. The number of nitrogens with zero attached hydrogens (tertiary/aromatic N) is 1. The molecule has 1 heterocycles. The van der Waals surface area contributed by atoms with Gasteiger partial charge in [0.1, 0.15) is 5.82 Å². The number of rotatable bonds is 2. The second-order valence-electron chi connectivity index (χ2n) is 4.25. The molecule has 1 N–H and O–H groups in total. The van der Waals surface area contributed by atoms with Crippen LogP contribution in [0.2, 0.25) is 0 Å². The van der Waals surface area contributed by atoms with E-state index in [0.29, 0.717) is 0 Å². The lowest BCUT2D eigenvalue weighted by Gasteiger charge is -2.11. The fourth-order valence-corrected chi connectivity index (χ4v) is 3.57. The quantitative estimate of drug-likeness (QED) is 0.492. The molecule has 0 saturated heterocycles. The topological polar surface area (TPSA) is 24.9 Å². The molecule has 3 aromatic rings. The minimum atomic E-state index is 0.792. The molecule has 0 spiro atoms. The number of halogens is 3. The number of anilines is 2. The Bertz CT molecular complexity index is 787. The highest BCUT2D eigenvalue weighted by Crippen LogP contribution is 2.33. The van der Waals surface area contributed by atoms with Gasteiger partial charge in [-0.15, -0.1) is 0 Å². The van der Waals surface area contributed by atoms with Gasteiger partial charge in [-0.05, 0) is 55.4 Å². The lowest BCUT2D eigenvalue weighted by atomic mass is 10.1. The standard InChI is InChI=1S/C15H9Br3N2/c16-9-7-13(18)15(19-8-9)20-14-6-5-12(17)10-3-1-2-4-11(10)14/h1-8H,(H,19,20). The van der Waals surface area contributed by atoms with Crippen LogP contribution in [0.3, 0.4) is 0 Å². The zero-order chi connectivity index (χ0) is 14.1. The van der Waals surface area contributed by atoms with Crippen LogP contribution >= 0.6 is 47.8 Å². The molecule has 0 saturated carbocycles. The average molecular weight is 457 g/mol. The number of nitrogens with one attached hydrogen (secondary N) is 1. The third-order valence-corrected chi connectivity index (χ3v) is 4.66. The normalized spacial score (nSPS) is 10.8. The molecule has 0 fully saturated rings. The van der Waals surface area contributed by atoms with E-state index in [1.54, 1.807) is 6.20 Å². The van der Waals surface area contributed by atoms with Gasteiger partial charge in [0.05, 0.1) is 4.47 Å². The summed E-state index contributed by atoms with van der Waals surface area (Å²) in [6, 6.07) is 14.3. The summed E-state index contributed by atoms with van der Waals surface area (Å²) in [5, 5.41) is 5.69. The lowest BCUT2D eigenvalue weighted by Crippen LogP contribution is -1.95. The number of hydrogen-bond acceptors (Lipinski definition) is 2. The van der Waals surface area contributed by atoms with Crippen LogP contribution in [0.25, 0.3) is 10.8 Å². The first-order valence-corrected chi connectivity index (χ1v) is 8.28. The van der Waals surface area contributed by atoms with Crippen molar-refractivity contribution in [3.05, 3.63) is 62.1 Å². The molecule has 1 aromatic heterocycles. The van der Waals surface area contributed by atoms with Gasteiger partial charge in [-0.3, -0.25) is 0 Å². The largest absolute Gasteiger partial charge is 0.339 e. The molecule has 0 aliphatic rings. The summed E-state index contributed by atoms with van der Waals surface area (Å²) in [6.07, 6.45) is 1.77. The number of aromatic nitrogens is 1. The molecule has 0 aliphatic carbocycles. The summed E-state index contributed by atoms with van der Waals surface area (Å²) in [7, 11) is 0. The van der Waals surface area contributed by atoms with E-state index in [9.17, 15) is 0 Å². The van der Waals surface area contributed by atoms with E-state index in [4.69, 9.17) is 0 Å². The maximum absolute atomic E-state index is 4.39. The summed E-state index contributed by atoms with van der Waals surface area (Å²) in [5.74, 6) is 0.792. The third kappa shape index (κ3) is 2.75. The first-order valence-electron chi connectivity index (χ1n) is 5.90. The smallest absolute Gasteiger partial charge is 0.144 e. The maximum Gasteiger partial charge on any atom is 0.144 e. The SMILES string of the molecule is Brc1cnc(Nc2ccc(Br)c3ccccc23)c(Br)c1. The molecule has 0 bridgehead atoms.